The molecule has 0 saturated heterocycles. The predicted molar refractivity (Wildman–Crippen MR) is 152 cm³/mol. The molecule has 1 atom stereocenters. The van der Waals surface area contributed by atoms with Gasteiger partial charge in [0.05, 0.1) is 0 Å². The van der Waals surface area contributed by atoms with Crippen molar-refractivity contribution >= 4 is 58.2 Å². The molecule has 12 heteroatoms. The van der Waals surface area contributed by atoms with Gasteiger partial charge in [0.1, 0.15) is 17.7 Å². The van der Waals surface area contributed by atoms with Gasteiger partial charge in [-0.1, -0.05) is 36.0 Å². The summed E-state index contributed by atoms with van der Waals surface area (Å²) in [5.41, 5.74) is 18.9. The number of hydrogen-bond acceptors (Lipinski definition) is 4. The van der Waals surface area contributed by atoms with Gasteiger partial charge in [0.2, 0.25) is 0 Å². The van der Waals surface area contributed by atoms with Gasteiger partial charge in [-0.25, -0.2) is 0 Å². The lowest BCUT2D eigenvalue weighted by Crippen LogP contribution is -2.55. The van der Waals surface area contributed by atoms with E-state index >= 15 is 0 Å². The normalized spacial score (nSPS) is 12.6. The van der Waals surface area contributed by atoms with Crippen molar-refractivity contribution in [1.29, 1.82) is 10.8 Å². The van der Waals surface area contributed by atoms with Crippen molar-refractivity contribution in [3.8, 4) is 0 Å². The van der Waals surface area contributed by atoms with E-state index in [0.29, 0.717) is 33.9 Å². The van der Waals surface area contributed by atoms with Gasteiger partial charge in [0, 0.05) is 41.6 Å². The molecule has 0 aliphatic heterocycles. The highest BCUT2D eigenvalue weighted by Crippen LogP contribution is 2.29. The maximum atomic E-state index is 8.90. The second kappa shape index (κ2) is 14.8. The van der Waals surface area contributed by atoms with Crippen LogP contribution in [0.4, 0.5) is 11.4 Å². The topological polar surface area (TPSA) is 178 Å². The van der Waals surface area contributed by atoms with Crippen LogP contribution >= 0.6 is 23.2 Å². The van der Waals surface area contributed by atoms with Crippen molar-refractivity contribution in [2.45, 2.75) is 31.7 Å². The van der Waals surface area contributed by atoms with E-state index in [1.807, 2.05) is 0 Å². The Morgan fingerprint density at radius 3 is 1.89 bits per heavy atom. The summed E-state index contributed by atoms with van der Waals surface area (Å²) in [6.07, 6.45) is 3.82. The van der Waals surface area contributed by atoms with Crippen LogP contribution in [-0.2, 0) is 0 Å². The highest BCUT2D eigenvalue weighted by atomic mass is 35.5. The van der Waals surface area contributed by atoms with Crippen LogP contribution in [0.5, 0.6) is 0 Å². The second-order valence-corrected chi connectivity index (χ2v) is 8.80. The summed E-state index contributed by atoms with van der Waals surface area (Å²) in [7, 11) is 1.64. The molecule has 1 unspecified atom stereocenters. The molecular weight excluding hydrogens is 499 g/mol. The van der Waals surface area contributed by atoms with Crippen LogP contribution in [0.3, 0.4) is 0 Å². The van der Waals surface area contributed by atoms with E-state index in [1.54, 1.807) is 60.5 Å². The molecule has 0 aromatic heterocycles. The molecule has 0 amide bonds. The third kappa shape index (κ3) is 9.27. The number of amidine groups is 2. The Kier molecular flexibility index (Phi) is 11.8. The molecule has 0 heterocycles. The molecule has 194 valence electrons. The van der Waals surface area contributed by atoms with Gasteiger partial charge in [0.15, 0.2) is 11.9 Å². The van der Waals surface area contributed by atoms with Crippen molar-refractivity contribution in [3.63, 3.8) is 0 Å². The molecule has 2 aromatic carbocycles. The van der Waals surface area contributed by atoms with Crippen LogP contribution in [0.25, 0.3) is 0 Å². The molecule has 0 bridgehead atoms. The molecule has 0 radical (unpaired) electrons. The fourth-order valence-corrected chi connectivity index (χ4v) is 3.56. The first-order valence-electron chi connectivity index (χ1n) is 11.5. The summed E-state index contributed by atoms with van der Waals surface area (Å²) in [5, 5.41) is 24.1. The molecule has 10 N–H and O–H groups in total. The van der Waals surface area contributed by atoms with Crippen molar-refractivity contribution < 1.29 is 0 Å². The van der Waals surface area contributed by atoms with Gasteiger partial charge < -0.3 is 27.8 Å². The Hall–Kier alpha value is -3.50. The third-order valence-corrected chi connectivity index (χ3v) is 5.71. The summed E-state index contributed by atoms with van der Waals surface area (Å²) >= 11 is 12.1. The molecule has 2 aromatic rings. The maximum absolute atomic E-state index is 8.90. The number of guanidine groups is 2. The first-order valence-corrected chi connectivity index (χ1v) is 12.2. The Morgan fingerprint density at radius 1 is 0.861 bits per heavy atom. The van der Waals surface area contributed by atoms with Gasteiger partial charge in [0.25, 0.3) is 0 Å². The molecule has 0 aliphatic carbocycles. The number of nitrogens with two attached hydrogens (primary N) is 3. The maximum Gasteiger partial charge on any atom is 0.189 e. The number of anilines is 2. The monoisotopic (exact) mass is 532 g/mol. The number of benzene rings is 2. The number of aliphatic imine (C=N–C) groups is 2. The lowest BCUT2D eigenvalue weighted by atomic mass is 10.1. The minimum Gasteiger partial charge on any atom is -0.386 e. The highest BCUT2D eigenvalue weighted by molar-refractivity contribution is 6.31. The van der Waals surface area contributed by atoms with E-state index < -0.39 is 6.04 Å². The number of hydrogen-bond donors (Lipinski definition) is 7. The molecule has 10 nitrogen and oxygen atoms in total. The molecule has 0 spiro atoms. The van der Waals surface area contributed by atoms with E-state index in [-0.39, 0.29) is 17.6 Å². The van der Waals surface area contributed by atoms with Crippen LogP contribution in [0.1, 0.15) is 25.7 Å². The van der Waals surface area contributed by atoms with Crippen molar-refractivity contribution in [2.75, 3.05) is 25.0 Å². The number of rotatable bonds is 12. The molecule has 36 heavy (non-hydrogen) atoms. The van der Waals surface area contributed by atoms with Gasteiger partial charge in [-0.2, -0.15) is 0 Å². The lowest BCUT2D eigenvalue weighted by molar-refractivity contribution is 0.635. The first-order chi connectivity index (χ1) is 17.2. The fourth-order valence-electron chi connectivity index (χ4n) is 3.31. The average molecular weight is 534 g/mol. The Bertz CT molecular complexity index is 1010. The Morgan fingerprint density at radius 2 is 1.39 bits per heavy atom. The zero-order valence-electron chi connectivity index (χ0n) is 20.3. The third-order valence-electron chi connectivity index (χ3n) is 5.20. The van der Waals surface area contributed by atoms with Crippen LogP contribution < -0.4 is 32.7 Å². The smallest absolute Gasteiger partial charge is 0.189 e. The quantitative estimate of drug-likeness (QED) is 0.125. The van der Waals surface area contributed by atoms with E-state index in [0.717, 1.165) is 32.2 Å². The number of nitrogens with one attached hydrogen (secondary N) is 4. The van der Waals surface area contributed by atoms with Crippen molar-refractivity contribution in [2.24, 2.45) is 27.2 Å². The predicted octanol–water partition coefficient (Wildman–Crippen LogP) is 3.41. The van der Waals surface area contributed by atoms with E-state index in [9.17, 15) is 0 Å². The summed E-state index contributed by atoms with van der Waals surface area (Å²) in [6, 6.07) is 13.0. The summed E-state index contributed by atoms with van der Waals surface area (Å²) in [5.74, 6) is 0.275. The van der Waals surface area contributed by atoms with Gasteiger partial charge in [-0.05, 0) is 61.4 Å². The second-order valence-electron chi connectivity index (χ2n) is 7.92. The van der Waals surface area contributed by atoms with E-state index in [1.165, 1.54) is 0 Å². The molecule has 0 fully saturated rings. The minimum absolute atomic E-state index is 0.00677. The number of nitrogens with zero attached hydrogens (tertiary/aromatic N) is 3. The van der Waals surface area contributed by atoms with Crippen LogP contribution in [-0.4, -0.2) is 49.8 Å². The molecule has 0 aliphatic rings. The number of unbranched alkanes of at least 4 members (excludes halogenated alkanes) is 3. The van der Waals surface area contributed by atoms with Crippen LogP contribution in [0, 0.1) is 10.8 Å². The zero-order chi connectivity index (χ0) is 26.5. The first kappa shape index (κ1) is 28.7. The van der Waals surface area contributed by atoms with E-state index in [4.69, 9.17) is 51.2 Å². The molecule has 0 saturated carbocycles. The zero-order valence-corrected chi connectivity index (χ0v) is 21.8. The summed E-state index contributed by atoms with van der Waals surface area (Å²) in [6.45, 7) is 1.29. The molecular formula is C24H34Cl2N10. The van der Waals surface area contributed by atoms with Crippen molar-refractivity contribution in [1.82, 2.24) is 10.6 Å². The van der Waals surface area contributed by atoms with Gasteiger partial charge in [-0.3, -0.25) is 25.7 Å². The number of halogens is 2. The lowest BCUT2D eigenvalue weighted by Gasteiger charge is -2.30. The largest absolute Gasteiger partial charge is 0.386 e. The van der Waals surface area contributed by atoms with Crippen molar-refractivity contribution in [3.05, 3.63) is 58.6 Å². The summed E-state index contributed by atoms with van der Waals surface area (Å²) in [4.78, 5) is 9.83. The van der Waals surface area contributed by atoms with E-state index in [2.05, 4.69) is 20.6 Å². The Balaban J connectivity index is 2.04. The SMILES string of the molecule is CN=C(N)NCCCCCCN=C(N)NC(C(=N)N)C(=N)N(c1ccc(Cl)cc1)c1ccc(Cl)cc1. The van der Waals surface area contributed by atoms with Gasteiger partial charge >= 0.3 is 0 Å². The Labute approximate surface area is 222 Å². The average Bonchev–Trinajstić information content (AvgIpc) is 2.86. The van der Waals surface area contributed by atoms with Crippen LogP contribution in [0.2, 0.25) is 10.0 Å². The molecule has 2 rings (SSSR count). The van der Waals surface area contributed by atoms with Crippen LogP contribution in [0.15, 0.2) is 58.5 Å². The van der Waals surface area contributed by atoms with Gasteiger partial charge in [-0.15, -0.1) is 0 Å². The minimum atomic E-state index is -1.00. The fraction of sp³-hybridized carbons (Fsp3) is 0.333. The highest BCUT2D eigenvalue weighted by Gasteiger charge is 2.26. The summed E-state index contributed by atoms with van der Waals surface area (Å²) < 4.78 is 0. The standard InChI is InChI=1S/C24H34Cl2N10/c1-32-23(30)33-14-4-2-3-5-15-34-24(31)35-20(21(27)28)22(29)36(18-10-6-16(25)7-11-18)19-12-8-17(26)9-13-19/h6-13,20,29H,2-5,14-15H2,1H3,(H3,27,28)(H3,30,32,33)(H3,31,34,35).